The molecule has 2 unspecified atom stereocenters. The van der Waals surface area contributed by atoms with Crippen LogP contribution in [-0.4, -0.2) is 65.5 Å². The normalized spacial score (nSPS) is 22.1. The maximum atomic E-state index is 13.6. The highest BCUT2D eigenvalue weighted by molar-refractivity contribution is 6.16. The number of anilines is 1. The number of amides is 3. The van der Waals surface area contributed by atoms with Crippen LogP contribution < -0.4 is 9.64 Å². The van der Waals surface area contributed by atoms with Gasteiger partial charge in [0.2, 0.25) is 5.96 Å². The third-order valence-corrected chi connectivity index (χ3v) is 5.88. The summed E-state index contributed by atoms with van der Waals surface area (Å²) in [6.45, 7) is 2.48. The number of nitrogens with zero attached hydrogens (tertiary/aromatic N) is 5. The molecule has 2 aromatic rings. The summed E-state index contributed by atoms with van der Waals surface area (Å²) in [7, 11) is 3.11. The van der Waals surface area contributed by atoms with E-state index in [1.165, 1.54) is 24.1 Å². The Kier molecular flexibility index (Phi) is 4.61. The fourth-order valence-electron chi connectivity index (χ4n) is 4.26. The van der Waals surface area contributed by atoms with E-state index >= 15 is 0 Å². The van der Waals surface area contributed by atoms with Crippen LogP contribution in [0, 0.1) is 5.82 Å². The molecule has 164 valence electrons. The van der Waals surface area contributed by atoms with Crippen molar-refractivity contribution in [3.63, 3.8) is 0 Å². The molecule has 0 N–H and O–H groups in total. The van der Waals surface area contributed by atoms with Crippen molar-refractivity contribution in [1.29, 1.82) is 0 Å². The molecule has 5 rings (SSSR count). The Morgan fingerprint density at radius 1 is 1.03 bits per heavy atom. The number of halogens is 1. The number of urea groups is 1. The van der Waals surface area contributed by atoms with Gasteiger partial charge in [0.05, 0.1) is 12.3 Å². The van der Waals surface area contributed by atoms with Gasteiger partial charge in [-0.25, -0.2) is 14.2 Å². The lowest BCUT2D eigenvalue weighted by atomic mass is 10.1. The maximum absolute atomic E-state index is 13.6. The highest BCUT2D eigenvalue weighted by atomic mass is 19.1. The number of carbonyl (C=O) groups is 2. The van der Waals surface area contributed by atoms with Crippen molar-refractivity contribution in [2.24, 2.45) is 4.99 Å². The summed E-state index contributed by atoms with van der Waals surface area (Å²) in [5, 5.41) is 0. The van der Waals surface area contributed by atoms with E-state index in [1.807, 2.05) is 42.3 Å². The number of fused-ring (bicyclic) bond motifs is 3. The van der Waals surface area contributed by atoms with Crippen LogP contribution in [0.15, 0.2) is 59.7 Å². The zero-order chi connectivity index (χ0) is 22.6. The van der Waals surface area contributed by atoms with Crippen molar-refractivity contribution in [1.82, 2.24) is 14.7 Å². The smallest absolute Gasteiger partial charge is 0.328 e. The van der Waals surface area contributed by atoms with Crippen LogP contribution >= 0.6 is 0 Å². The average Bonchev–Trinajstić information content (AvgIpc) is 3.34. The Hall–Kier alpha value is -3.88. The predicted molar refractivity (Wildman–Crippen MR) is 117 cm³/mol. The molecule has 2 atom stereocenters. The summed E-state index contributed by atoms with van der Waals surface area (Å²) in [4.78, 5) is 36.5. The minimum atomic E-state index is -0.666. The molecule has 8 nitrogen and oxygen atoms in total. The lowest BCUT2D eigenvalue weighted by Crippen LogP contribution is -2.63. The van der Waals surface area contributed by atoms with Gasteiger partial charge in [0, 0.05) is 31.5 Å². The first-order valence-electron chi connectivity index (χ1n) is 10.3. The van der Waals surface area contributed by atoms with Gasteiger partial charge < -0.3 is 9.64 Å². The van der Waals surface area contributed by atoms with Gasteiger partial charge in [0.25, 0.3) is 5.91 Å². The highest BCUT2D eigenvalue weighted by Gasteiger charge is 2.54. The minimum Gasteiger partial charge on any atom is -0.494 e. The minimum absolute atomic E-state index is 0.319. The Morgan fingerprint density at radius 3 is 2.38 bits per heavy atom. The molecular formula is C23H22FN5O3. The second-order valence-corrected chi connectivity index (χ2v) is 7.77. The molecule has 0 radical (unpaired) electrons. The lowest BCUT2D eigenvalue weighted by Gasteiger charge is -2.38. The SMILES string of the molecule is CCOc1ccc(N2C(c3ccc(F)cc3)=CN3C2=NC2C3C(=O)N(C)C(=O)N2C)cc1. The van der Waals surface area contributed by atoms with E-state index in [-0.39, 0.29) is 11.7 Å². The highest BCUT2D eigenvalue weighted by Crippen LogP contribution is 2.40. The van der Waals surface area contributed by atoms with Crippen LogP contribution in [0.2, 0.25) is 0 Å². The maximum Gasteiger partial charge on any atom is 0.328 e. The van der Waals surface area contributed by atoms with Gasteiger partial charge in [-0.15, -0.1) is 0 Å². The zero-order valence-corrected chi connectivity index (χ0v) is 17.9. The molecule has 0 saturated carbocycles. The number of rotatable bonds is 4. The molecule has 0 bridgehead atoms. The lowest BCUT2D eigenvalue weighted by molar-refractivity contribution is -0.135. The fourth-order valence-corrected chi connectivity index (χ4v) is 4.26. The molecule has 1 fully saturated rings. The van der Waals surface area contributed by atoms with Gasteiger partial charge >= 0.3 is 6.03 Å². The van der Waals surface area contributed by atoms with Gasteiger partial charge in [-0.05, 0) is 55.5 Å². The standard InChI is InChI=1S/C23H22FN5O3/c1-4-32-17-11-9-16(10-12-17)29-18(14-5-7-15(24)8-6-14)13-28-19-20(25-22(28)29)26(2)23(31)27(3)21(19)30/h5-13,19-20H,4H2,1-3H3. The summed E-state index contributed by atoms with van der Waals surface area (Å²) in [6.07, 6.45) is 1.21. The predicted octanol–water partition coefficient (Wildman–Crippen LogP) is 2.93. The van der Waals surface area contributed by atoms with Crippen LogP contribution in [-0.2, 0) is 4.79 Å². The van der Waals surface area contributed by atoms with Gasteiger partial charge in [-0.1, -0.05) is 0 Å². The molecule has 0 spiro atoms. The number of aliphatic imine (C=N–C) groups is 1. The molecular weight excluding hydrogens is 413 g/mol. The molecule has 3 amide bonds. The van der Waals surface area contributed by atoms with Gasteiger partial charge in [-0.3, -0.25) is 19.5 Å². The molecule has 3 heterocycles. The van der Waals surface area contributed by atoms with E-state index in [1.54, 1.807) is 24.1 Å². The van der Waals surface area contributed by atoms with Crippen molar-refractivity contribution in [3.8, 4) is 5.75 Å². The number of guanidine groups is 1. The summed E-state index contributed by atoms with van der Waals surface area (Å²) in [6, 6.07) is 12.6. The summed E-state index contributed by atoms with van der Waals surface area (Å²) in [5.41, 5.74) is 2.33. The third-order valence-electron chi connectivity index (χ3n) is 5.88. The Balaban J connectivity index is 1.61. The molecule has 3 aliphatic rings. The molecule has 3 aliphatic heterocycles. The first kappa shape index (κ1) is 20.0. The van der Waals surface area contributed by atoms with E-state index in [0.29, 0.717) is 12.6 Å². The van der Waals surface area contributed by atoms with E-state index in [4.69, 9.17) is 9.73 Å². The van der Waals surface area contributed by atoms with E-state index < -0.39 is 18.2 Å². The quantitative estimate of drug-likeness (QED) is 0.739. The Bertz CT molecular complexity index is 1150. The second-order valence-electron chi connectivity index (χ2n) is 7.77. The van der Waals surface area contributed by atoms with Gasteiger partial charge in [0.1, 0.15) is 11.6 Å². The van der Waals surface area contributed by atoms with Crippen LogP contribution in [0.4, 0.5) is 14.9 Å². The number of hydrogen-bond donors (Lipinski definition) is 0. The molecule has 9 heteroatoms. The summed E-state index contributed by atoms with van der Waals surface area (Å²) >= 11 is 0. The number of likely N-dealkylation sites (N-methyl/N-ethyl adjacent to an activating group) is 2. The number of carbonyl (C=O) groups excluding carboxylic acids is 2. The molecule has 32 heavy (non-hydrogen) atoms. The molecule has 0 aromatic heterocycles. The van der Waals surface area contributed by atoms with Crippen molar-refractivity contribution < 1.29 is 18.7 Å². The Morgan fingerprint density at radius 2 is 1.72 bits per heavy atom. The van der Waals surface area contributed by atoms with Crippen LogP contribution in [0.1, 0.15) is 12.5 Å². The molecule has 1 saturated heterocycles. The van der Waals surface area contributed by atoms with Crippen LogP contribution in [0.3, 0.4) is 0 Å². The van der Waals surface area contributed by atoms with Crippen LogP contribution in [0.25, 0.3) is 5.70 Å². The zero-order valence-electron chi connectivity index (χ0n) is 17.9. The second kappa shape index (κ2) is 7.37. The summed E-state index contributed by atoms with van der Waals surface area (Å²) < 4.78 is 19.1. The number of imide groups is 1. The first-order chi connectivity index (χ1) is 15.4. The van der Waals surface area contributed by atoms with E-state index in [2.05, 4.69) is 0 Å². The Labute approximate surface area is 184 Å². The van der Waals surface area contributed by atoms with Crippen molar-refractivity contribution >= 4 is 29.3 Å². The van der Waals surface area contributed by atoms with E-state index in [0.717, 1.165) is 27.6 Å². The van der Waals surface area contributed by atoms with Crippen molar-refractivity contribution in [2.45, 2.75) is 19.1 Å². The van der Waals surface area contributed by atoms with E-state index in [9.17, 15) is 14.0 Å². The van der Waals surface area contributed by atoms with Gasteiger partial charge in [0.15, 0.2) is 12.2 Å². The monoisotopic (exact) mass is 435 g/mol. The molecule has 2 aromatic carbocycles. The topological polar surface area (TPSA) is 68.7 Å². The van der Waals surface area contributed by atoms with Crippen LogP contribution in [0.5, 0.6) is 5.75 Å². The first-order valence-corrected chi connectivity index (χ1v) is 10.3. The number of hydrogen-bond acceptors (Lipinski definition) is 6. The average molecular weight is 435 g/mol. The fraction of sp³-hybridized carbons (Fsp3) is 0.261. The summed E-state index contributed by atoms with van der Waals surface area (Å²) in [5.74, 6) is 0.623. The van der Waals surface area contributed by atoms with Gasteiger partial charge in [-0.2, -0.15) is 0 Å². The third kappa shape index (κ3) is 2.92. The number of ether oxygens (including phenoxy) is 1. The molecule has 0 aliphatic carbocycles. The largest absolute Gasteiger partial charge is 0.494 e. The van der Waals surface area contributed by atoms with Crippen molar-refractivity contribution in [3.05, 3.63) is 66.1 Å². The van der Waals surface area contributed by atoms with Crippen molar-refractivity contribution in [2.75, 3.05) is 25.6 Å². The number of benzene rings is 2.